The van der Waals surface area contributed by atoms with Gasteiger partial charge in [-0.15, -0.1) is 0 Å². The smallest absolute Gasteiger partial charge is 0.421 e. The average Bonchev–Trinajstić information content (AvgIpc) is 3.70. The highest BCUT2D eigenvalue weighted by molar-refractivity contribution is 6.23. The van der Waals surface area contributed by atoms with E-state index < -0.39 is 53.5 Å². The number of carbonyl (C=O) groups is 4. The Kier molecular flexibility index (Phi) is 11.6. The summed E-state index contributed by atoms with van der Waals surface area (Å²) >= 11 is 0. The van der Waals surface area contributed by atoms with Crippen LogP contribution in [0.1, 0.15) is 72.5 Å². The number of hydrogen-bond acceptors (Lipinski definition) is 10. The van der Waals surface area contributed by atoms with Crippen LogP contribution in [-0.4, -0.2) is 91.5 Å². The molecule has 0 bridgehead atoms. The molecule has 4 aliphatic heterocycles. The van der Waals surface area contributed by atoms with Gasteiger partial charge in [-0.3, -0.25) is 19.3 Å². The lowest BCUT2D eigenvalue weighted by Gasteiger charge is -2.46. The monoisotopic (exact) mass is 787 g/mol. The molecule has 6 atom stereocenters. The molecule has 0 radical (unpaired) electrons. The molecule has 4 aromatic rings. The number of ether oxygens (including phenoxy) is 4. The van der Waals surface area contributed by atoms with E-state index in [1.807, 2.05) is 82.6 Å². The molecule has 58 heavy (non-hydrogen) atoms. The summed E-state index contributed by atoms with van der Waals surface area (Å²) in [6.45, 7) is 0.876. The Morgan fingerprint density at radius 3 is 2.05 bits per heavy atom. The topological polar surface area (TPSA) is 135 Å². The van der Waals surface area contributed by atoms with Crippen LogP contribution < -0.4 is 9.64 Å². The summed E-state index contributed by atoms with van der Waals surface area (Å²) in [5.74, 6) is -2.42. The number of imide groups is 1. The van der Waals surface area contributed by atoms with Crippen LogP contribution in [0.5, 0.6) is 5.75 Å². The number of aliphatic hydroxyl groups is 1. The van der Waals surface area contributed by atoms with E-state index in [4.69, 9.17) is 18.9 Å². The number of likely N-dealkylation sites (tertiary alicyclic amines) is 1. The van der Waals surface area contributed by atoms with Crippen LogP contribution in [0.2, 0.25) is 0 Å². The number of aliphatic hydroxyl groups excluding tert-OH is 1. The lowest BCUT2D eigenvalue weighted by atomic mass is 9.65. The third-order valence-electron chi connectivity index (χ3n) is 12.1. The Morgan fingerprint density at radius 2 is 1.38 bits per heavy atom. The van der Waals surface area contributed by atoms with Gasteiger partial charge < -0.3 is 29.0 Å². The van der Waals surface area contributed by atoms with Crippen molar-refractivity contribution >= 4 is 29.6 Å². The Balaban J connectivity index is 1.41. The normalized spacial score (nSPS) is 25.7. The highest BCUT2D eigenvalue weighted by atomic mass is 16.6. The van der Waals surface area contributed by atoms with E-state index in [1.54, 1.807) is 36.4 Å². The third-order valence-corrected chi connectivity index (χ3v) is 12.1. The maximum atomic E-state index is 16.0. The van der Waals surface area contributed by atoms with Crippen LogP contribution in [0, 0.1) is 5.92 Å². The highest BCUT2D eigenvalue weighted by Gasteiger charge is 2.76. The van der Waals surface area contributed by atoms with Gasteiger partial charge in [0.15, 0.2) is 0 Å². The van der Waals surface area contributed by atoms with Crippen LogP contribution in [0.4, 0.5) is 10.5 Å². The highest BCUT2D eigenvalue weighted by Crippen LogP contribution is 2.66. The standard InChI is InChI=1S/C46H49N3O9/c1-55-29-30-57-45(54)48-36-20-12-11-19-35(36)46(44(48)53)37(42(51)47-25-13-3-2-4-14-26-47)39-43(52)58-40(32-17-9-6-10-18-32)38(31-15-7-5-8-16-31)49(39)41(46)33-21-23-34(24-22-33)56-28-27-50/h5-12,15-24,37-41,50H,2-4,13-14,25-30H2,1H3/t37-,38-,39-,40+,41+,46-/m0/s1. The largest absolute Gasteiger partial charge is 0.491 e. The van der Waals surface area contributed by atoms with Crippen molar-refractivity contribution in [1.29, 1.82) is 0 Å². The molecule has 8 rings (SSSR count). The van der Waals surface area contributed by atoms with Crippen molar-refractivity contribution in [2.45, 2.75) is 61.7 Å². The molecular formula is C46H49N3O9. The summed E-state index contributed by atoms with van der Waals surface area (Å²) in [6.07, 6.45) is 2.84. The molecule has 4 heterocycles. The second-order valence-corrected chi connectivity index (χ2v) is 15.3. The number of anilines is 1. The Hall–Kier alpha value is -5.56. The molecule has 12 nitrogen and oxygen atoms in total. The fraction of sp³-hybridized carbons (Fsp3) is 0.391. The van der Waals surface area contributed by atoms with Gasteiger partial charge in [0.2, 0.25) is 11.8 Å². The van der Waals surface area contributed by atoms with Gasteiger partial charge in [0.25, 0.3) is 0 Å². The van der Waals surface area contributed by atoms with E-state index in [9.17, 15) is 9.90 Å². The van der Waals surface area contributed by atoms with Crippen LogP contribution >= 0.6 is 0 Å². The number of benzene rings is 4. The number of fused-ring (bicyclic) bond motifs is 3. The molecule has 0 aliphatic carbocycles. The lowest BCUT2D eigenvalue weighted by molar-refractivity contribution is -0.179. The predicted octanol–water partition coefficient (Wildman–Crippen LogP) is 6.30. The van der Waals surface area contributed by atoms with Gasteiger partial charge in [0.1, 0.15) is 36.5 Å². The van der Waals surface area contributed by atoms with Crippen molar-refractivity contribution in [3.05, 3.63) is 131 Å². The van der Waals surface area contributed by atoms with E-state index in [2.05, 4.69) is 0 Å². The second kappa shape index (κ2) is 17.1. The number of cyclic esters (lactones) is 1. The van der Waals surface area contributed by atoms with Gasteiger partial charge in [-0.25, -0.2) is 9.69 Å². The number of nitrogens with zero attached hydrogens (tertiary/aromatic N) is 3. The van der Waals surface area contributed by atoms with E-state index in [-0.39, 0.29) is 38.0 Å². The molecule has 4 aliphatic rings. The van der Waals surface area contributed by atoms with Gasteiger partial charge in [0, 0.05) is 20.2 Å². The third kappa shape index (κ3) is 6.82. The summed E-state index contributed by atoms with van der Waals surface area (Å²) in [4.78, 5) is 66.0. The number of rotatable bonds is 10. The number of carbonyl (C=O) groups excluding carboxylic acids is 4. The Morgan fingerprint density at radius 1 is 0.741 bits per heavy atom. The van der Waals surface area contributed by atoms with E-state index in [0.29, 0.717) is 30.0 Å². The lowest BCUT2D eigenvalue weighted by Crippen LogP contribution is -2.56. The molecule has 0 aromatic heterocycles. The summed E-state index contributed by atoms with van der Waals surface area (Å²) in [6, 6.07) is 30.6. The van der Waals surface area contributed by atoms with Crippen LogP contribution in [0.3, 0.4) is 0 Å². The summed E-state index contributed by atoms with van der Waals surface area (Å²) in [7, 11) is 1.49. The first kappa shape index (κ1) is 39.3. The molecule has 3 amide bonds. The summed E-state index contributed by atoms with van der Waals surface area (Å²) in [5, 5.41) is 9.49. The van der Waals surface area contributed by atoms with Crippen molar-refractivity contribution in [2.75, 3.05) is 51.5 Å². The molecule has 3 saturated heterocycles. The number of para-hydroxylation sites is 1. The molecule has 0 saturated carbocycles. The van der Waals surface area contributed by atoms with Crippen molar-refractivity contribution < 1.29 is 43.2 Å². The SMILES string of the molecule is COCCOC(=O)N1C(=O)[C@@]2(c3ccccc31)[C@H](C(=O)N1CCCCCCC1)[C@H]1C(=O)O[C@H](c3ccccc3)[C@H](c3ccccc3)N1[C@@H]2c1ccc(OCCO)cc1. The molecule has 1 spiro atoms. The molecule has 1 N–H and O–H groups in total. The maximum absolute atomic E-state index is 16.0. The molecule has 302 valence electrons. The zero-order valence-corrected chi connectivity index (χ0v) is 32.6. The maximum Gasteiger partial charge on any atom is 0.421 e. The number of amides is 3. The van der Waals surface area contributed by atoms with Gasteiger partial charge in [0.05, 0.1) is 36.9 Å². The first-order valence-electron chi connectivity index (χ1n) is 20.2. The van der Waals surface area contributed by atoms with Gasteiger partial charge in [-0.05, 0) is 53.3 Å². The minimum Gasteiger partial charge on any atom is -0.491 e. The Labute approximate surface area is 338 Å². The van der Waals surface area contributed by atoms with Crippen molar-refractivity contribution in [1.82, 2.24) is 9.80 Å². The summed E-state index contributed by atoms with van der Waals surface area (Å²) < 4.78 is 23.1. The predicted molar refractivity (Wildman–Crippen MR) is 214 cm³/mol. The van der Waals surface area contributed by atoms with Crippen molar-refractivity contribution in [3.8, 4) is 5.75 Å². The van der Waals surface area contributed by atoms with E-state index >= 15 is 14.4 Å². The number of methoxy groups -OCH3 is 1. The van der Waals surface area contributed by atoms with Crippen LogP contribution in [0.15, 0.2) is 109 Å². The zero-order valence-electron chi connectivity index (χ0n) is 32.6. The first-order valence-corrected chi connectivity index (χ1v) is 20.2. The first-order chi connectivity index (χ1) is 28.4. The Bertz CT molecular complexity index is 2090. The second-order valence-electron chi connectivity index (χ2n) is 15.3. The van der Waals surface area contributed by atoms with Crippen LogP contribution in [-0.2, 0) is 34.0 Å². The van der Waals surface area contributed by atoms with Crippen molar-refractivity contribution in [3.63, 3.8) is 0 Å². The van der Waals surface area contributed by atoms with Crippen molar-refractivity contribution in [2.24, 2.45) is 5.92 Å². The minimum absolute atomic E-state index is 0.0833. The van der Waals surface area contributed by atoms with E-state index in [1.165, 1.54) is 7.11 Å². The van der Waals surface area contributed by atoms with Crippen LogP contribution in [0.25, 0.3) is 0 Å². The fourth-order valence-corrected chi connectivity index (χ4v) is 9.67. The van der Waals surface area contributed by atoms with Gasteiger partial charge in [-0.2, -0.15) is 0 Å². The molecule has 12 heteroatoms. The van der Waals surface area contributed by atoms with Gasteiger partial charge in [-0.1, -0.05) is 110 Å². The number of morpholine rings is 1. The summed E-state index contributed by atoms with van der Waals surface area (Å²) in [5.41, 5.74) is 1.13. The number of esters is 1. The zero-order chi connectivity index (χ0) is 40.2. The van der Waals surface area contributed by atoms with Gasteiger partial charge >= 0.3 is 12.1 Å². The molecule has 0 unspecified atom stereocenters. The number of hydrogen-bond donors (Lipinski definition) is 1. The molecule has 3 fully saturated rings. The van der Waals surface area contributed by atoms with E-state index in [0.717, 1.165) is 48.1 Å². The minimum atomic E-state index is -1.81. The fourth-order valence-electron chi connectivity index (χ4n) is 9.67. The molecule has 4 aromatic carbocycles. The molecular weight excluding hydrogens is 739 g/mol. The quantitative estimate of drug-likeness (QED) is 0.144. The average molecular weight is 788 g/mol.